The average molecular weight is 383 g/mol. The Morgan fingerprint density at radius 3 is 2.62 bits per heavy atom. The normalized spacial score (nSPS) is 10.9. The minimum absolute atomic E-state index is 0.282. The average Bonchev–Trinajstić information content (AvgIpc) is 3.46. The highest BCUT2D eigenvalue weighted by Gasteiger charge is 2.13. The third-order valence-electron chi connectivity index (χ3n) is 4.38. The highest BCUT2D eigenvalue weighted by molar-refractivity contribution is 6.07. The molecule has 10 nitrogen and oxygen atoms in total. The van der Waals surface area contributed by atoms with Gasteiger partial charge in [-0.25, -0.2) is 15.0 Å². The Labute approximate surface area is 163 Å². The maximum absolute atomic E-state index is 12.8. The van der Waals surface area contributed by atoms with Crippen molar-refractivity contribution >= 4 is 22.9 Å². The van der Waals surface area contributed by atoms with E-state index in [0.717, 1.165) is 16.7 Å². The number of rotatable bonds is 4. The quantitative estimate of drug-likeness (QED) is 0.433. The molecule has 5 aromatic rings. The molecule has 0 aliphatic rings. The largest absolute Gasteiger partial charge is 0.340 e. The van der Waals surface area contributed by atoms with Crippen LogP contribution in [-0.2, 0) is 0 Å². The fourth-order valence-corrected chi connectivity index (χ4v) is 3.00. The number of benzene rings is 2. The number of hydrogen-bond acceptors (Lipinski definition) is 7. The highest BCUT2D eigenvalue weighted by atomic mass is 16.1. The van der Waals surface area contributed by atoms with Gasteiger partial charge in [0.25, 0.3) is 5.91 Å². The third kappa shape index (κ3) is 3.18. The molecule has 2 aromatic carbocycles. The summed E-state index contributed by atoms with van der Waals surface area (Å²) in [5.74, 6) is 0.603. The molecule has 29 heavy (non-hydrogen) atoms. The molecule has 0 aliphatic carbocycles. The summed E-state index contributed by atoms with van der Waals surface area (Å²) in [5.41, 5.74) is 4.21. The zero-order chi connectivity index (χ0) is 19.6. The smallest absolute Gasteiger partial charge is 0.256 e. The van der Waals surface area contributed by atoms with E-state index < -0.39 is 0 Å². The second kappa shape index (κ2) is 6.93. The molecule has 0 radical (unpaired) electrons. The molecule has 3 N–H and O–H groups in total. The van der Waals surface area contributed by atoms with Gasteiger partial charge in [0.15, 0.2) is 11.5 Å². The minimum atomic E-state index is -0.282. The van der Waals surface area contributed by atoms with Crippen LogP contribution in [0.3, 0.4) is 0 Å². The summed E-state index contributed by atoms with van der Waals surface area (Å²) in [6, 6.07) is 15.0. The maximum Gasteiger partial charge on any atom is 0.256 e. The molecule has 0 saturated carbocycles. The van der Waals surface area contributed by atoms with Crippen molar-refractivity contribution in [2.24, 2.45) is 0 Å². The summed E-state index contributed by atoms with van der Waals surface area (Å²) < 4.78 is 0. The zero-order valence-electron chi connectivity index (χ0n) is 14.9. The van der Waals surface area contributed by atoms with Crippen molar-refractivity contribution in [1.82, 2.24) is 40.6 Å². The van der Waals surface area contributed by atoms with Gasteiger partial charge in [0.2, 0.25) is 5.82 Å². The lowest BCUT2D eigenvalue weighted by molar-refractivity contribution is 0.102. The Morgan fingerprint density at radius 1 is 0.931 bits per heavy atom. The van der Waals surface area contributed by atoms with Crippen molar-refractivity contribution in [3.63, 3.8) is 0 Å². The zero-order valence-corrected chi connectivity index (χ0v) is 14.9. The van der Waals surface area contributed by atoms with Crippen LogP contribution < -0.4 is 5.32 Å². The number of nitrogens with zero attached hydrogens (tertiary/aromatic N) is 6. The van der Waals surface area contributed by atoms with E-state index in [-0.39, 0.29) is 5.91 Å². The number of amides is 1. The van der Waals surface area contributed by atoms with Gasteiger partial charge in [-0.3, -0.25) is 4.79 Å². The lowest BCUT2D eigenvalue weighted by atomic mass is 10.0. The van der Waals surface area contributed by atoms with Crippen LogP contribution in [0.4, 0.5) is 5.82 Å². The number of aromatic nitrogens is 8. The molecule has 1 amide bonds. The highest BCUT2D eigenvalue weighted by Crippen LogP contribution is 2.25. The number of aromatic amines is 2. The first-order valence-corrected chi connectivity index (χ1v) is 8.68. The lowest BCUT2D eigenvalue weighted by Gasteiger charge is -2.08. The van der Waals surface area contributed by atoms with Crippen molar-refractivity contribution < 1.29 is 4.79 Å². The monoisotopic (exact) mass is 383 g/mol. The second-order valence-corrected chi connectivity index (χ2v) is 6.17. The molecule has 140 valence electrons. The van der Waals surface area contributed by atoms with Gasteiger partial charge in [-0.2, -0.15) is 5.21 Å². The number of anilines is 1. The van der Waals surface area contributed by atoms with Crippen LogP contribution in [0.1, 0.15) is 10.4 Å². The first-order chi connectivity index (χ1) is 14.3. The predicted octanol–water partition coefficient (Wildman–Crippen LogP) is 2.45. The molecule has 0 unspecified atom stereocenters. The van der Waals surface area contributed by atoms with Crippen molar-refractivity contribution in [3.8, 4) is 22.5 Å². The number of hydrogen-bond donors (Lipinski definition) is 3. The molecule has 0 bridgehead atoms. The number of carbonyl (C=O) groups excluding carboxylic acids is 1. The molecule has 0 saturated heterocycles. The second-order valence-electron chi connectivity index (χ2n) is 6.17. The predicted molar refractivity (Wildman–Crippen MR) is 105 cm³/mol. The van der Waals surface area contributed by atoms with Gasteiger partial charge in [-0.15, -0.1) is 10.2 Å². The van der Waals surface area contributed by atoms with Crippen LogP contribution in [0.25, 0.3) is 33.7 Å². The number of carbonyl (C=O) groups is 1. The Morgan fingerprint density at radius 2 is 1.76 bits per heavy atom. The van der Waals surface area contributed by atoms with Crippen LogP contribution in [-0.4, -0.2) is 46.5 Å². The van der Waals surface area contributed by atoms with E-state index in [9.17, 15) is 4.79 Å². The summed E-state index contributed by atoms with van der Waals surface area (Å²) in [5, 5.41) is 16.8. The fraction of sp³-hybridized carbons (Fsp3) is 0. The third-order valence-corrected chi connectivity index (χ3v) is 4.38. The first kappa shape index (κ1) is 16.7. The lowest BCUT2D eigenvalue weighted by Crippen LogP contribution is -2.13. The van der Waals surface area contributed by atoms with E-state index in [0.29, 0.717) is 28.4 Å². The van der Waals surface area contributed by atoms with Gasteiger partial charge in [0.05, 0.1) is 6.33 Å². The molecule has 0 spiro atoms. The Balaban J connectivity index is 1.45. The molecular weight excluding hydrogens is 370 g/mol. The maximum atomic E-state index is 12.8. The molecule has 3 aromatic heterocycles. The van der Waals surface area contributed by atoms with Crippen LogP contribution >= 0.6 is 0 Å². The Bertz CT molecular complexity index is 1310. The number of imidazole rings is 1. The molecular formula is C19H13N9O. The van der Waals surface area contributed by atoms with Gasteiger partial charge in [-0.05, 0) is 34.5 Å². The van der Waals surface area contributed by atoms with E-state index in [2.05, 4.69) is 45.9 Å². The van der Waals surface area contributed by atoms with Gasteiger partial charge in [-0.1, -0.05) is 30.3 Å². The van der Waals surface area contributed by atoms with Crippen molar-refractivity contribution in [2.75, 3.05) is 5.32 Å². The molecule has 3 heterocycles. The van der Waals surface area contributed by atoms with Gasteiger partial charge >= 0.3 is 0 Å². The molecule has 5 rings (SSSR count). The summed E-state index contributed by atoms with van der Waals surface area (Å²) >= 11 is 0. The van der Waals surface area contributed by atoms with Crippen LogP contribution in [0.2, 0.25) is 0 Å². The van der Waals surface area contributed by atoms with E-state index in [1.165, 1.54) is 12.7 Å². The summed E-state index contributed by atoms with van der Waals surface area (Å²) in [7, 11) is 0. The van der Waals surface area contributed by atoms with Crippen LogP contribution in [0, 0.1) is 0 Å². The number of fused-ring (bicyclic) bond motifs is 1. The standard InChI is InChI=1S/C19H13N9O/c29-19(24-18-15-17(21-9-20-15)22-10-23-18)14-6-2-4-12(8-14)11-3-1-5-13(7-11)16-25-27-28-26-16/h1-10H,(H,25,26,27,28)(H2,20,21,22,23,24,29). The summed E-state index contributed by atoms with van der Waals surface area (Å²) in [6.07, 6.45) is 2.87. The summed E-state index contributed by atoms with van der Waals surface area (Å²) in [4.78, 5) is 27.9. The first-order valence-electron chi connectivity index (χ1n) is 8.68. The number of nitrogens with one attached hydrogen (secondary N) is 3. The number of H-pyrrole nitrogens is 2. The van der Waals surface area contributed by atoms with E-state index in [4.69, 9.17) is 0 Å². The molecule has 0 fully saturated rings. The topological polar surface area (TPSA) is 138 Å². The van der Waals surface area contributed by atoms with Crippen molar-refractivity contribution in [3.05, 3.63) is 66.7 Å². The SMILES string of the molecule is O=C(Nc1ncnc2nc[nH]c12)c1cccc(-c2cccc(-c3nn[nH]n3)c2)c1. The minimum Gasteiger partial charge on any atom is -0.340 e. The number of tetrazole rings is 1. The van der Waals surface area contributed by atoms with Gasteiger partial charge in [0, 0.05) is 11.1 Å². The van der Waals surface area contributed by atoms with Crippen molar-refractivity contribution in [1.29, 1.82) is 0 Å². The fourth-order valence-electron chi connectivity index (χ4n) is 3.00. The van der Waals surface area contributed by atoms with Crippen LogP contribution in [0.15, 0.2) is 61.2 Å². The Hall–Kier alpha value is -4.47. The van der Waals surface area contributed by atoms with E-state index in [1.807, 2.05) is 42.5 Å². The molecule has 0 atom stereocenters. The molecule has 0 aliphatic heterocycles. The van der Waals surface area contributed by atoms with E-state index in [1.54, 1.807) is 6.07 Å². The van der Waals surface area contributed by atoms with Crippen LogP contribution in [0.5, 0.6) is 0 Å². The Kier molecular flexibility index (Phi) is 3.98. The molecule has 10 heteroatoms. The summed E-state index contributed by atoms with van der Waals surface area (Å²) in [6.45, 7) is 0. The van der Waals surface area contributed by atoms with Crippen molar-refractivity contribution in [2.45, 2.75) is 0 Å². The van der Waals surface area contributed by atoms with E-state index >= 15 is 0 Å². The van der Waals surface area contributed by atoms with Gasteiger partial charge in [0.1, 0.15) is 11.8 Å². The van der Waals surface area contributed by atoms with Gasteiger partial charge < -0.3 is 10.3 Å².